The van der Waals surface area contributed by atoms with E-state index < -0.39 is 44.7 Å². The van der Waals surface area contributed by atoms with Crippen molar-refractivity contribution in [3.8, 4) is 0 Å². The van der Waals surface area contributed by atoms with Crippen LogP contribution < -0.4 is 4.31 Å². The molecule has 1 aromatic heterocycles. The second-order valence-corrected chi connectivity index (χ2v) is 11.2. The Morgan fingerprint density at radius 3 is 1.91 bits per heavy atom. The van der Waals surface area contributed by atoms with Crippen LogP contribution in [0.25, 0.3) is 0 Å². The van der Waals surface area contributed by atoms with Crippen molar-refractivity contribution in [2.75, 3.05) is 11.4 Å². The largest absolute Gasteiger partial charge is 0.425 e. The van der Waals surface area contributed by atoms with Gasteiger partial charge in [0.25, 0.3) is 10.0 Å². The lowest BCUT2D eigenvalue weighted by Crippen LogP contribution is -2.43. The molecule has 0 bridgehead atoms. The van der Waals surface area contributed by atoms with Gasteiger partial charge in [-0.2, -0.15) is 26.3 Å². The number of sulfonamides is 1. The van der Waals surface area contributed by atoms with Crippen LogP contribution in [-0.4, -0.2) is 26.7 Å². The third-order valence-corrected chi connectivity index (χ3v) is 8.47. The Morgan fingerprint density at radius 2 is 1.44 bits per heavy atom. The normalized spacial score (nSPS) is 14.6. The van der Waals surface area contributed by atoms with Crippen LogP contribution in [0.5, 0.6) is 0 Å². The van der Waals surface area contributed by atoms with Crippen molar-refractivity contribution in [3.63, 3.8) is 0 Å². The second kappa shape index (κ2) is 8.90. The van der Waals surface area contributed by atoms with Crippen molar-refractivity contribution in [3.05, 3.63) is 80.0 Å². The first kappa shape index (κ1) is 26.6. The maximum absolute atomic E-state index is 14.0. The number of hydrogen-bond donors (Lipinski definition) is 1. The van der Waals surface area contributed by atoms with Crippen LogP contribution in [0.2, 0.25) is 8.67 Å². The Labute approximate surface area is 204 Å². The van der Waals surface area contributed by atoms with Gasteiger partial charge >= 0.3 is 12.4 Å². The fourth-order valence-electron chi connectivity index (χ4n) is 3.11. The molecule has 34 heavy (non-hydrogen) atoms. The van der Waals surface area contributed by atoms with Crippen molar-refractivity contribution in [1.82, 2.24) is 0 Å². The summed E-state index contributed by atoms with van der Waals surface area (Å²) < 4.78 is 107. The summed E-state index contributed by atoms with van der Waals surface area (Å²) in [5.41, 5.74) is -7.14. The predicted molar refractivity (Wildman–Crippen MR) is 117 cm³/mol. The van der Waals surface area contributed by atoms with Crippen molar-refractivity contribution in [2.45, 2.75) is 22.8 Å². The van der Waals surface area contributed by atoms with E-state index in [1.807, 2.05) is 0 Å². The minimum absolute atomic E-state index is 0.101. The van der Waals surface area contributed by atoms with E-state index in [1.165, 1.54) is 0 Å². The van der Waals surface area contributed by atoms with E-state index in [0.717, 1.165) is 65.2 Å². The highest BCUT2D eigenvalue weighted by Crippen LogP contribution is 2.46. The highest BCUT2D eigenvalue weighted by molar-refractivity contribution is 7.93. The minimum atomic E-state index is -5.41. The monoisotopic (exact) mass is 563 g/mol. The van der Waals surface area contributed by atoms with E-state index in [4.69, 9.17) is 23.2 Å². The summed E-state index contributed by atoms with van der Waals surface area (Å²) >= 11 is 12.5. The molecule has 0 fully saturated rings. The van der Waals surface area contributed by atoms with Crippen LogP contribution in [0.3, 0.4) is 0 Å². The fourth-order valence-corrected chi connectivity index (χ4v) is 6.42. The third-order valence-electron chi connectivity index (χ3n) is 4.93. The van der Waals surface area contributed by atoms with Crippen molar-refractivity contribution < 1.29 is 39.9 Å². The number of anilines is 1. The van der Waals surface area contributed by atoms with Gasteiger partial charge in [-0.1, -0.05) is 47.5 Å². The molecule has 0 amide bonds. The first-order valence-corrected chi connectivity index (χ1v) is 12.0. The second-order valence-electron chi connectivity index (χ2n) is 6.99. The molecule has 2 aromatic carbocycles. The van der Waals surface area contributed by atoms with Gasteiger partial charge in [-0.25, -0.2) is 8.42 Å². The van der Waals surface area contributed by atoms with Crippen molar-refractivity contribution in [1.29, 1.82) is 0 Å². The zero-order valence-corrected chi connectivity index (χ0v) is 19.9. The molecule has 0 radical (unpaired) electrons. The molecule has 1 N–H and O–H groups in total. The average Bonchev–Trinajstić information content (AvgIpc) is 3.10. The molecular weight excluding hydrogens is 551 g/mol. The highest BCUT2D eigenvalue weighted by Gasteiger charge is 2.56. The fraction of sp³-hybridized carbons (Fsp3) is 0.200. The molecule has 184 valence electrons. The molecule has 3 rings (SSSR count). The number of hydrogen-bond acceptors (Lipinski definition) is 4. The number of nitrogens with zero attached hydrogens (tertiary/aromatic N) is 1. The summed E-state index contributed by atoms with van der Waals surface area (Å²) in [4.78, 5) is -0.313. The van der Waals surface area contributed by atoms with Crippen LogP contribution in [0.1, 0.15) is 16.7 Å². The molecule has 1 unspecified atom stereocenters. The molecule has 1 atom stereocenters. The predicted octanol–water partition coefficient (Wildman–Crippen LogP) is 6.70. The Hall–Kier alpha value is -1.99. The summed E-state index contributed by atoms with van der Waals surface area (Å²) in [6.07, 6.45) is -10.3. The molecule has 1 heterocycles. The lowest BCUT2D eigenvalue weighted by molar-refractivity contribution is -0.248. The summed E-state index contributed by atoms with van der Waals surface area (Å²) in [5.74, 6) is 0. The van der Waals surface area contributed by atoms with Crippen molar-refractivity contribution >= 4 is 50.2 Å². The Kier molecular flexibility index (Phi) is 6.97. The van der Waals surface area contributed by atoms with Crippen LogP contribution in [0.15, 0.2) is 59.5 Å². The third kappa shape index (κ3) is 4.74. The van der Waals surface area contributed by atoms with Crippen LogP contribution in [0.4, 0.5) is 32.0 Å². The van der Waals surface area contributed by atoms with Gasteiger partial charge in [-0.3, -0.25) is 4.31 Å². The summed E-state index contributed by atoms with van der Waals surface area (Å²) in [6, 6.07) is 6.86. The smallest absolute Gasteiger partial charge is 0.372 e. The average molecular weight is 564 g/mol. The first-order chi connectivity index (χ1) is 15.5. The molecule has 4 nitrogen and oxygen atoms in total. The number of aliphatic hydroxyl groups is 1. The molecular formula is C20H13Cl2F6NO3S2. The lowest BCUT2D eigenvalue weighted by atomic mass is 9.84. The molecule has 0 saturated carbocycles. The first-order valence-electron chi connectivity index (χ1n) is 9.00. The van der Waals surface area contributed by atoms with Gasteiger partial charge in [0.15, 0.2) is 0 Å². The Bertz CT molecular complexity index is 1310. The zero-order chi connectivity index (χ0) is 25.7. The summed E-state index contributed by atoms with van der Waals surface area (Å²) in [5, 5.41) is 10.6. The number of halogens is 8. The molecule has 0 aliphatic heterocycles. The van der Waals surface area contributed by atoms with Crippen LogP contribution in [0, 0.1) is 0 Å². The van der Waals surface area contributed by atoms with E-state index >= 15 is 0 Å². The summed E-state index contributed by atoms with van der Waals surface area (Å²) in [7, 11) is -3.12. The van der Waals surface area contributed by atoms with Gasteiger partial charge in [-0.15, -0.1) is 11.3 Å². The van der Waals surface area contributed by atoms with Gasteiger partial charge in [0, 0.05) is 7.05 Å². The minimum Gasteiger partial charge on any atom is -0.372 e. The SMILES string of the molecule is CN(c1ccc(C(O)(c2cccc(C(F)(F)F)c2)C(F)(F)F)cc1)S(=O)(=O)c1cc(Cl)sc1Cl. The highest BCUT2D eigenvalue weighted by atomic mass is 35.5. The zero-order valence-electron chi connectivity index (χ0n) is 16.7. The molecule has 0 spiro atoms. The molecule has 0 aliphatic rings. The van der Waals surface area contributed by atoms with Crippen LogP contribution in [-0.2, 0) is 21.8 Å². The van der Waals surface area contributed by atoms with E-state index in [2.05, 4.69) is 0 Å². The van der Waals surface area contributed by atoms with E-state index in [1.54, 1.807) is 0 Å². The van der Waals surface area contributed by atoms with E-state index in [0.29, 0.717) is 6.07 Å². The molecule has 0 aliphatic carbocycles. The number of thiophene rings is 1. The lowest BCUT2D eigenvalue weighted by Gasteiger charge is -2.32. The van der Waals surface area contributed by atoms with Gasteiger partial charge in [0.1, 0.15) is 9.23 Å². The van der Waals surface area contributed by atoms with Gasteiger partial charge in [0.05, 0.1) is 15.6 Å². The van der Waals surface area contributed by atoms with Gasteiger partial charge < -0.3 is 5.11 Å². The van der Waals surface area contributed by atoms with Gasteiger partial charge in [-0.05, 0) is 41.5 Å². The van der Waals surface area contributed by atoms with Gasteiger partial charge in [0.2, 0.25) is 5.60 Å². The quantitative estimate of drug-likeness (QED) is 0.351. The molecule has 14 heteroatoms. The number of alkyl halides is 6. The molecule has 3 aromatic rings. The standard InChI is InChI=1S/C20H13Cl2F6NO3S2/c1-29(34(31,32)15-10-16(21)33-17(15)22)14-7-5-11(6-8-14)18(30,20(26,27)28)12-3-2-4-13(9-12)19(23,24)25/h2-10,30H,1H3. The van der Waals surface area contributed by atoms with Crippen LogP contribution >= 0.6 is 34.5 Å². The molecule has 0 saturated heterocycles. The van der Waals surface area contributed by atoms with E-state index in [-0.39, 0.29) is 25.3 Å². The maximum Gasteiger partial charge on any atom is 0.425 e. The van der Waals surface area contributed by atoms with E-state index in [9.17, 15) is 39.9 Å². The summed E-state index contributed by atoms with van der Waals surface area (Å²) in [6.45, 7) is 0. The van der Waals surface area contributed by atoms with Crippen molar-refractivity contribution in [2.24, 2.45) is 0 Å². The topological polar surface area (TPSA) is 57.6 Å². The number of benzene rings is 2. The Morgan fingerprint density at radius 1 is 0.882 bits per heavy atom. The number of rotatable bonds is 5. The maximum atomic E-state index is 14.0. The Balaban J connectivity index is 2.06.